The molecule has 1 amide bonds. The van der Waals surface area contributed by atoms with Gasteiger partial charge >= 0.3 is 0 Å². The zero-order valence-corrected chi connectivity index (χ0v) is 12.0. The number of hydrogen-bond acceptors (Lipinski definition) is 3. The number of ether oxygens (including phenoxy) is 1. The molecule has 1 heterocycles. The first-order valence-electron chi connectivity index (χ1n) is 7.43. The number of rotatable bonds is 3. The summed E-state index contributed by atoms with van der Waals surface area (Å²) >= 11 is 0. The molecule has 2 atom stereocenters. The highest BCUT2D eigenvalue weighted by atomic mass is 16.5. The van der Waals surface area contributed by atoms with Crippen molar-refractivity contribution in [3.63, 3.8) is 0 Å². The molecular weight excluding hydrogens is 252 g/mol. The van der Waals surface area contributed by atoms with E-state index in [1.165, 1.54) is 6.42 Å². The summed E-state index contributed by atoms with van der Waals surface area (Å²) < 4.78 is 5.49. The fourth-order valence-corrected chi connectivity index (χ4v) is 3.48. The summed E-state index contributed by atoms with van der Waals surface area (Å²) in [5.41, 5.74) is 7.73. The quantitative estimate of drug-likeness (QED) is 0.914. The second kappa shape index (κ2) is 5.44. The van der Waals surface area contributed by atoms with E-state index in [0.29, 0.717) is 12.5 Å². The van der Waals surface area contributed by atoms with Crippen LogP contribution in [0.3, 0.4) is 0 Å². The standard InChI is InChI=1S/C16H22N2O2/c1-18(14-4-2-3-13(14)10-17)16(19)12-5-6-15-11(9-12)7-8-20-15/h5-6,9,13-14H,2-4,7-8,10,17H2,1H3. The Balaban J connectivity index is 1.78. The largest absolute Gasteiger partial charge is 0.493 e. The van der Waals surface area contributed by atoms with Gasteiger partial charge in [0.2, 0.25) is 0 Å². The molecule has 4 heteroatoms. The zero-order valence-electron chi connectivity index (χ0n) is 12.0. The normalized spacial score (nSPS) is 24.3. The minimum Gasteiger partial charge on any atom is -0.493 e. The Morgan fingerprint density at radius 2 is 2.30 bits per heavy atom. The maximum Gasteiger partial charge on any atom is 0.253 e. The van der Waals surface area contributed by atoms with Crippen LogP contribution in [0.5, 0.6) is 5.75 Å². The lowest BCUT2D eigenvalue weighted by atomic mass is 10.0. The van der Waals surface area contributed by atoms with Gasteiger partial charge in [-0.2, -0.15) is 0 Å². The molecule has 2 aliphatic rings. The molecule has 0 saturated heterocycles. The van der Waals surface area contributed by atoms with E-state index >= 15 is 0 Å². The lowest BCUT2D eigenvalue weighted by Gasteiger charge is -2.29. The lowest BCUT2D eigenvalue weighted by molar-refractivity contribution is 0.0700. The highest BCUT2D eigenvalue weighted by molar-refractivity contribution is 5.94. The van der Waals surface area contributed by atoms with Crippen LogP contribution >= 0.6 is 0 Å². The van der Waals surface area contributed by atoms with Crippen LogP contribution in [0.4, 0.5) is 0 Å². The molecule has 2 N–H and O–H groups in total. The first kappa shape index (κ1) is 13.4. The van der Waals surface area contributed by atoms with Gasteiger partial charge in [-0.25, -0.2) is 0 Å². The fourth-order valence-electron chi connectivity index (χ4n) is 3.48. The van der Waals surface area contributed by atoms with Crippen molar-refractivity contribution in [2.75, 3.05) is 20.2 Å². The monoisotopic (exact) mass is 274 g/mol. The Hall–Kier alpha value is -1.55. The maximum absolute atomic E-state index is 12.6. The number of carbonyl (C=O) groups is 1. The van der Waals surface area contributed by atoms with E-state index in [-0.39, 0.29) is 11.9 Å². The van der Waals surface area contributed by atoms with Crippen LogP contribution in [0.25, 0.3) is 0 Å². The molecule has 3 rings (SSSR count). The number of benzene rings is 1. The molecule has 0 spiro atoms. The summed E-state index contributed by atoms with van der Waals surface area (Å²) in [6, 6.07) is 6.05. The Kier molecular flexibility index (Phi) is 3.66. The summed E-state index contributed by atoms with van der Waals surface area (Å²) in [4.78, 5) is 14.5. The first-order chi connectivity index (χ1) is 9.70. The predicted molar refractivity (Wildman–Crippen MR) is 77.9 cm³/mol. The highest BCUT2D eigenvalue weighted by Crippen LogP contribution is 2.30. The number of amides is 1. The van der Waals surface area contributed by atoms with E-state index in [4.69, 9.17) is 10.5 Å². The zero-order chi connectivity index (χ0) is 14.1. The van der Waals surface area contributed by atoms with Crippen LogP contribution in [0.1, 0.15) is 35.2 Å². The van der Waals surface area contributed by atoms with Gasteiger partial charge in [-0.15, -0.1) is 0 Å². The molecule has 1 aliphatic carbocycles. The number of hydrogen-bond donors (Lipinski definition) is 1. The molecule has 2 unspecified atom stereocenters. The molecule has 1 aromatic carbocycles. The van der Waals surface area contributed by atoms with Gasteiger partial charge in [0.05, 0.1) is 6.61 Å². The van der Waals surface area contributed by atoms with Crippen molar-refractivity contribution in [1.29, 1.82) is 0 Å². The number of nitrogens with two attached hydrogens (primary N) is 1. The van der Waals surface area contributed by atoms with Gasteiger partial charge in [0.25, 0.3) is 5.91 Å². The van der Waals surface area contributed by atoms with Gasteiger partial charge in [0.15, 0.2) is 0 Å². The Morgan fingerprint density at radius 1 is 1.45 bits per heavy atom. The van der Waals surface area contributed by atoms with E-state index < -0.39 is 0 Å². The van der Waals surface area contributed by atoms with Crippen LogP contribution in [-0.2, 0) is 6.42 Å². The second-order valence-electron chi connectivity index (χ2n) is 5.83. The third-order valence-electron chi connectivity index (χ3n) is 4.68. The molecule has 108 valence electrons. The van der Waals surface area contributed by atoms with Crippen LogP contribution in [0, 0.1) is 5.92 Å². The fraction of sp³-hybridized carbons (Fsp3) is 0.562. The van der Waals surface area contributed by atoms with Crippen LogP contribution in [-0.4, -0.2) is 37.0 Å². The molecular formula is C16H22N2O2. The van der Waals surface area contributed by atoms with Crippen LogP contribution in [0.15, 0.2) is 18.2 Å². The Labute approximate surface area is 119 Å². The van der Waals surface area contributed by atoms with Crippen molar-refractivity contribution in [1.82, 2.24) is 4.90 Å². The highest BCUT2D eigenvalue weighted by Gasteiger charge is 2.32. The minimum atomic E-state index is 0.102. The summed E-state index contributed by atoms with van der Waals surface area (Å²) in [7, 11) is 1.91. The SMILES string of the molecule is CN(C(=O)c1ccc2c(c1)CCO2)C1CCCC1CN. The third-order valence-corrected chi connectivity index (χ3v) is 4.68. The molecule has 1 aromatic rings. The maximum atomic E-state index is 12.6. The average molecular weight is 274 g/mol. The number of carbonyl (C=O) groups excluding carboxylic acids is 1. The summed E-state index contributed by atoms with van der Waals surface area (Å²) in [6.45, 7) is 1.39. The second-order valence-corrected chi connectivity index (χ2v) is 5.83. The van der Waals surface area contributed by atoms with Gasteiger partial charge in [-0.1, -0.05) is 6.42 Å². The predicted octanol–water partition coefficient (Wildman–Crippen LogP) is 1.82. The number of nitrogens with zero attached hydrogens (tertiary/aromatic N) is 1. The smallest absolute Gasteiger partial charge is 0.253 e. The van der Waals surface area contributed by atoms with Crippen molar-refractivity contribution in [2.45, 2.75) is 31.7 Å². The molecule has 4 nitrogen and oxygen atoms in total. The number of fused-ring (bicyclic) bond motifs is 1. The van der Waals surface area contributed by atoms with Crippen molar-refractivity contribution in [2.24, 2.45) is 11.7 Å². The van der Waals surface area contributed by atoms with E-state index in [2.05, 4.69) is 0 Å². The molecule has 0 aromatic heterocycles. The molecule has 1 aliphatic heterocycles. The Bertz CT molecular complexity index is 515. The average Bonchev–Trinajstić information content (AvgIpc) is 3.12. The molecule has 1 saturated carbocycles. The molecule has 1 fully saturated rings. The molecule has 0 bridgehead atoms. The van der Waals surface area contributed by atoms with E-state index in [0.717, 1.165) is 42.7 Å². The topological polar surface area (TPSA) is 55.6 Å². The van der Waals surface area contributed by atoms with Crippen molar-refractivity contribution in [3.05, 3.63) is 29.3 Å². The van der Waals surface area contributed by atoms with E-state index in [1.54, 1.807) is 0 Å². The summed E-state index contributed by atoms with van der Waals surface area (Å²) in [6.07, 6.45) is 4.27. The van der Waals surface area contributed by atoms with Gasteiger partial charge in [0, 0.05) is 25.1 Å². The Morgan fingerprint density at radius 3 is 3.10 bits per heavy atom. The van der Waals surface area contributed by atoms with Gasteiger partial charge in [-0.3, -0.25) is 4.79 Å². The summed E-state index contributed by atoms with van der Waals surface area (Å²) in [5, 5.41) is 0. The van der Waals surface area contributed by atoms with Crippen molar-refractivity contribution < 1.29 is 9.53 Å². The third kappa shape index (κ3) is 2.29. The van der Waals surface area contributed by atoms with Crippen molar-refractivity contribution >= 4 is 5.91 Å². The van der Waals surface area contributed by atoms with Crippen molar-refractivity contribution in [3.8, 4) is 5.75 Å². The molecule has 20 heavy (non-hydrogen) atoms. The van der Waals surface area contributed by atoms with E-state index in [1.807, 2.05) is 30.1 Å². The summed E-state index contributed by atoms with van der Waals surface area (Å²) in [5.74, 6) is 1.47. The van der Waals surface area contributed by atoms with Gasteiger partial charge in [-0.05, 0) is 49.1 Å². The van der Waals surface area contributed by atoms with Crippen LogP contribution < -0.4 is 10.5 Å². The first-order valence-corrected chi connectivity index (χ1v) is 7.43. The van der Waals surface area contributed by atoms with Gasteiger partial charge < -0.3 is 15.4 Å². The lowest BCUT2D eigenvalue weighted by Crippen LogP contribution is -2.41. The molecule has 0 radical (unpaired) electrons. The van der Waals surface area contributed by atoms with Gasteiger partial charge in [0.1, 0.15) is 5.75 Å². The van der Waals surface area contributed by atoms with Crippen LogP contribution in [0.2, 0.25) is 0 Å². The minimum absolute atomic E-state index is 0.102. The van der Waals surface area contributed by atoms with E-state index in [9.17, 15) is 4.79 Å².